The van der Waals surface area contributed by atoms with Crippen LogP contribution in [0.4, 0.5) is 5.82 Å². The molecule has 2 rings (SSSR count). The molecule has 4 nitrogen and oxygen atoms in total. The predicted molar refractivity (Wildman–Crippen MR) is 74.1 cm³/mol. The Kier molecular flexibility index (Phi) is 4.55. The fourth-order valence-electron chi connectivity index (χ4n) is 2.13. The minimum absolute atomic E-state index is 0.372. The summed E-state index contributed by atoms with van der Waals surface area (Å²) in [4.78, 5) is 6.87. The molecule has 0 radical (unpaired) electrons. The molecule has 1 aliphatic heterocycles. The molecule has 2 heterocycles. The average Bonchev–Trinajstić information content (AvgIpc) is 2.38. The van der Waals surface area contributed by atoms with Gasteiger partial charge in [0.15, 0.2) is 0 Å². The molecule has 1 saturated heterocycles. The number of ether oxygens (including phenoxy) is 1. The number of hydrogen-bond donors (Lipinski definition) is 1. The van der Waals surface area contributed by atoms with Crippen LogP contribution >= 0.6 is 0 Å². The molecule has 0 spiro atoms. The van der Waals surface area contributed by atoms with Gasteiger partial charge in [0.05, 0.1) is 19.3 Å². The highest BCUT2D eigenvalue weighted by atomic mass is 16.5. The van der Waals surface area contributed by atoms with Crippen LogP contribution in [0.25, 0.3) is 0 Å². The smallest absolute Gasteiger partial charge is 0.128 e. The highest BCUT2D eigenvalue weighted by Crippen LogP contribution is 2.17. The summed E-state index contributed by atoms with van der Waals surface area (Å²) in [6.45, 7) is 9.81. The van der Waals surface area contributed by atoms with E-state index >= 15 is 0 Å². The quantitative estimate of drug-likeness (QED) is 0.879. The predicted octanol–water partition coefficient (Wildman–Crippen LogP) is 1.59. The molecular weight excluding hydrogens is 226 g/mol. The van der Waals surface area contributed by atoms with Gasteiger partial charge in [0.1, 0.15) is 5.82 Å². The second-order valence-electron chi connectivity index (χ2n) is 5.18. The highest BCUT2D eigenvalue weighted by Gasteiger charge is 2.23. The van der Waals surface area contributed by atoms with Gasteiger partial charge in [0.2, 0.25) is 0 Å². The first-order valence-corrected chi connectivity index (χ1v) is 6.67. The number of pyridine rings is 1. The van der Waals surface area contributed by atoms with Gasteiger partial charge in [-0.05, 0) is 18.6 Å². The molecule has 100 valence electrons. The van der Waals surface area contributed by atoms with Gasteiger partial charge >= 0.3 is 0 Å². The third kappa shape index (κ3) is 3.43. The van der Waals surface area contributed by atoms with Crippen molar-refractivity contribution in [2.24, 2.45) is 0 Å². The van der Waals surface area contributed by atoms with Crippen molar-refractivity contribution in [2.45, 2.75) is 32.9 Å². The Morgan fingerprint density at radius 3 is 3.00 bits per heavy atom. The van der Waals surface area contributed by atoms with Gasteiger partial charge in [-0.1, -0.05) is 19.9 Å². The van der Waals surface area contributed by atoms with E-state index in [9.17, 15) is 0 Å². The van der Waals surface area contributed by atoms with E-state index in [0.717, 1.165) is 32.1 Å². The van der Waals surface area contributed by atoms with E-state index in [0.29, 0.717) is 12.1 Å². The van der Waals surface area contributed by atoms with E-state index in [1.54, 1.807) is 0 Å². The first-order chi connectivity index (χ1) is 8.66. The van der Waals surface area contributed by atoms with Gasteiger partial charge in [0.25, 0.3) is 0 Å². The normalized spacial score (nSPS) is 20.4. The van der Waals surface area contributed by atoms with Crippen molar-refractivity contribution in [1.29, 1.82) is 0 Å². The van der Waals surface area contributed by atoms with Crippen molar-refractivity contribution in [3.63, 3.8) is 0 Å². The van der Waals surface area contributed by atoms with Gasteiger partial charge in [-0.15, -0.1) is 0 Å². The van der Waals surface area contributed by atoms with Crippen LogP contribution in [-0.4, -0.2) is 43.4 Å². The minimum atomic E-state index is 0.372. The Labute approximate surface area is 109 Å². The SMILES string of the molecule is Cc1ccc(N2CCOCC2CNC(C)C)nc1. The zero-order valence-electron chi connectivity index (χ0n) is 11.5. The second-order valence-corrected chi connectivity index (χ2v) is 5.18. The molecule has 0 amide bonds. The van der Waals surface area contributed by atoms with E-state index in [1.165, 1.54) is 5.56 Å². The fourth-order valence-corrected chi connectivity index (χ4v) is 2.13. The Balaban J connectivity index is 2.05. The summed E-state index contributed by atoms with van der Waals surface area (Å²) in [5.74, 6) is 1.06. The Morgan fingerprint density at radius 2 is 2.33 bits per heavy atom. The number of nitrogens with one attached hydrogen (secondary N) is 1. The Bertz CT molecular complexity index is 364. The van der Waals surface area contributed by atoms with Gasteiger partial charge < -0.3 is 15.0 Å². The Morgan fingerprint density at radius 1 is 1.50 bits per heavy atom. The molecule has 0 saturated carbocycles. The van der Waals surface area contributed by atoms with Crippen LogP contribution in [0.3, 0.4) is 0 Å². The lowest BCUT2D eigenvalue weighted by atomic mass is 10.2. The molecule has 1 fully saturated rings. The van der Waals surface area contributed by atoms with Crippen molar-refractivity contribution in [3.05, 3.63) is 23.9 Å². The van der Waals surface area contributed by atoms with Crippen molar-refractivity contribution in [1.82, 2.24) is 10.3 Å². The average molecular weight is 249 g/mol. The third-order valence-corrected chi connectivity index (χ3v) is 3.18. The van der Waals surface area contributed by atoms with Crippen molar-refractivity contribution in [3.8, 4) is 0 Å². The maximum Gasteiger partial charge on any atom is 0.128 e. The van der Waals surface area contributed by atoms with Gasteiger partial charge in [-0.25, -0.2) is 4.98 Å². The molecule has 1 unspecified atom stereocenters. The maximum atomic E-state index is 5.58. The van der Waals surface area contributed by atoms with E-state index in [2.05, 4.69) is 48.1 Å². The lowest BCUT2D eigenvalue weighted by Gasteiger charge is -2.37. The van der Waals surface area contributed by atoms with Gasteiger partial charge in [-0.3, -0.25) is 0 Å². The molecule has 1 atom stereocenters. The number of hydrogen-bond acceptors (Lipinski definition) is 4. The molecular formula is C14H23N3O. The molecule has 4 heteroatoms. The van der Waals surface area contributed by atoms with Crippen molar-refractivity contribution < 1.29 is 4.74 Å². The second kappa shape index (κ2) is 6.16. The topological polar surface area (TPSA) is 37.4 Å². The molecule has 0 bridgehead atoms. The lowest BCUT2D eigenvalue weighted by molar-refractivity contribution is 0.0928. The zero-order valence-corrected chi connectivity index (χ0v) is 11.5. The monoisotopic (exact) mass is 249 g/mol. The number of nitrogens with zero attached hydrogens (tertiary/aromatic N) is 2. The van der Waals surface area contributed by atoms with Crippen LogP contribution in [0.5, 0.6) is 0 Å². The molecule has 1 aromatic heterocycles. The number of rotatable bonds is 4. The van der Waals surface area contributed by atoms with Crippen LogP contribution in [0, 0.1) is 6.92 Å². The summed E-state index contributed by atoms with van der Waals surface area (Å²) in [5.41, 5.74) is 1.20. The van der Waals surface area contributed by atoms with Crippen molar-refractivity contribution in [2.75, 3.05) is 31.2 Å². The van der Waals surface area contributed by atoms with Crippen LogP contribution in [-0.2, 0) is 4.74 Å². The maximum absolute atomic E-state index is 5.58. The summed E-state index contributed by atoms with van der Waals surface area (Å²) in [7, 11) is 0. The summed E-state index contributed by atoms with van der Waals surface area (Å²) < 4.78 is 5.58. The number of morpholine rings is 1. The van der Waals surface area contributed by atoms with Gasteiger partial charge in [-0.2, -0.15) is 0 Å². The van der Waals surface area contributed by atoms with E-state index in [-0.39, 0.29) is 0 Å². The molecule has 1 aromatic rings. The fraction of sp³-hybridized carbons (Fsp3) is 0.643. The summed E-state index contributed by atoms with van der Waals surface area (Å²) >= 11 is 0. The Hall–Kier alpha value is -1.13. The summed E-state index contributed by atoms with van der Waals surface area (Å²) in [6, 6.07) is 5.09. The van der Waals surface area contributed by atoms with Crippen LogP contribution < -0.4 is 10.2 Å². The highest BCUT2D eigenvalue weighted by molar-refractivity contribution is 5.41. The largest absolute Gasteiger partial charge is 0.377 e. The van der Waals surface area contributed by atoms with Gasteiger partial charge in [0, 0.05) is 25.3 Å². The summed E-state index contributed by atoms with van der Waals surface area (Å²) in [6.07, 6.45) is 1.93. The number of aryl methyl sites for hydroxylation is 1. The van der Waals surface area contributed by atoms with E-state index in [1.807, 2.05) is 6.20 Å². The van der Waals surface area contributed by atoms with Crippen LogP contribution in [0.2, 0.25) is 0 Å². The standard InChI is InChI=1S/C14H23N3O/c1-11(2)15-9-13-10-18-7-6-17(13)14-5-4-12(3)8-16-14/h4-5,8,11,13,15H,6-7,9-10H2,1-3H3. The molecule has 1 N–H and O–H groups in total. The molecule has 0 aromatic carbocycles. The zero-order chi connectivity index (χ0) is 13.0. The lowest BCUT2D eigenvalue weighted by Crippen LogP contribution is -2.51. The van der Waals surface area contributed by atoms with Crippen LogP contribution in [0.1, 0.15) is 19.4 Å². The van der Waals surface area contributed by atoms with Crippen LogP contribution in [0.15, 0.2) is 18.3 Å². The number of anilines is 1. The van der Waals surface area contributed by atoms with Crippen molar-refractivity contribution >= 4 is 5.82 Å². The molecule has 18 heavy (non-hydrogen) atoms. The van der Waals surface area contributed by atoms with E-state index in [4.69, 9.17) is 4.74 Å². The summed E-state index contributed by atoms with van der Waals surface area (Å²) in [5, 5.41) is 3.48. The first-order valence-electron chi connectivity index (χ1n) is 6.67. The third-order valence-electron chi connectivity index (χ3n) is 3.18. The molecule has 0 aliphatic carbocycles. The van der Waals surface area contributed by atoms with E-state index < -0.39 is 0 Å². The molecule has 1 aliphatic rings. The minimum Gasteiger partial charge on any atom is -0.377 e. The first kappa shape index (κ1) is 13.3. The number of aromatic nitrogens is 1.